The summed E-state index contributed by atoms with van der Waals surface area (Å²) in [6.45, 7) is 15.8. The summed E-state index contributed by atoms with van der Waals surface area (Å²) in [6, 6.07) is 24.6. The number of aliphatic hydroxyl groups excluding tert-OH is 1. The van der Waals surface area contributed by atoms with Gasteiger partial charge in [-0.25, -0.2) is 0 Å². The molecule has 0 saturated carbocycles. The van der Waals surface area contributed by atoms with E-state index in [1.54, 1.807) is 22.0 Å². The second-order valence-electron chi connectivity index (χ2n) is 13.7. The summed E-state index contributed by atoms with van der Waals surface area (Å²) < 4.78 is 7.13. The smallest absolute Gasteiger partial charge is 0.253 e. The Kier molecular flexibility index (Phi) is 10.5. The van der Waals surface area contributed by atoms with E-state index in [0.717, 1.165) is 18.8 Å². The average Bonchev–Trinajstić information content (AvgIpc) is 3.78. The summed E-state index contributed by atoms with van der Waals surface area (Å²) in [7, 11) is 0. The van der Waals surface area contributed by atoms with Crippen molar-refractivity contribution in [3.8, 4) is 0 Å². The van der Waals surface area contributed by atoms with E-state index in [1.165, 1.54) is 4.90 Å². The number of rotatable bonds is 15. The van der Waals surface area contributed by atoms with Crippen LogP contribution in [0, 0.1) is 11.8 Å². The Hall–Kier alpha value is -4.73. The van der Waals surface area contributed by atoms with Crippen molar-refractivity contribution < 1.29 is 24.2 Å². The Bertz CT molecular complexity index is 1730. The normalized spacial score (nSPS) is 25.3. The third-order valence-corrected chi connectivity index (χ3v) is 11.3. The minimum absolute atomic E-state index is 0.195. The van der Waals surface area contributed by atoms with Crippen molar-refractivity contribution in [1.82, 2.24) is 4.90 Å². The molecule has 2 unspecified atom stereocenters. The second kappa shape index (κ2) is 14.9. The van der Waals surface area contributed by atoms with Gasteiger partial charge in [0.05, 0.1) is 30.1 Å². The highest BCUT2D eigenvalue weighted by atomic mass is 16.5. The fraction of sp³-hybridized carbons (Fsp3) is 0.405. The van der Waals surface area contributed by atoms with E-state index in [1.807, 2.05) is 91.9 Å². The number of aliphatic hydroxyl groups is 1. The number of carbonyl (C=O) groups excluding carboxylic acids is 3. The van der Waals surface area contributed by atoms with Gasteiger partial charge in [0.2, 0.25) is 11.8 Å². The number of ether oxygens (including phenoxy) is 1. The first kappa shape index (κ1) is 36.1. The van der Waals surface area contributed by atoms with Crippen LogP contribution < -0.4 is 14.7 Å². The lowest BCUT2D eigenvalue weighted by Gasteiger charge is -2.40. The molecule has 3 heterocycles. The fourth-order valence-electron chi connectivity index (χ4n) is 8.93. The molecule has 9 nitrogen and oxygen atoms in total. The van der Waals surface area contributed by atoms with Gasteiger partial charge in [0, 0.05) is 43.2 Å². The molecule has 3 amide bonds. The first-order valence-corrected chi connectivity index (χ1v) is 18.2. The molecule has 3 aromatic rings. The molecule has 2 bridgehead atoms. The lowest BCUT2D eigenvalue weighted by atomic mass is 9.64. The Balaban J connectivity index is 1.49. The molecule has 3 aliphatic rings. The lowest BCUT2D eigenvalue weighted by molar-refractivity contribution is -0.149. The summed E-state index contributed by atoms with van der Waals surface area (Å²) in [5.74, 6) is -2.70. The Morgan fingerprint density at radius 1 is 0.843 bits per heavy atom. The largest absolute Gasteiger partial charge is 0.394 e. The van der Waals surface area contributed by atoms with E-state index >= 15 is 9.59 Å². The quantitative estimate of drug-likeness (QED) is 0.192. The minimum atomic E-state index is -1.29. The van der Waals surface area contributed by atoms with Gasteiger partial charge in [-0.1, -0.05) is 67.6 Å². The topological polar surface area (TPSA) is 93.6 Å². The summed E-state index contributed by atoms with van der Waals surface area (Å²) in [4.78, 5) is 52.5. The van der Waals surface area contributed by atoms with E-state index in [2.05, 4.69) is 31.9 Å². The van der Waals surface area contributed by atoms with E-state index < -0.39 is 41.7 Å². The molecular weight excluding hydrogens is 640 g/mol. The van der Waals surface area contributed by atoms with Gasteiger partial charge >= 0.3 is 0 Å². The Morgan fingerprint density at radius 3 is 1.94 bits per heavy atom. The molecule has 3 fully saturated rings. The Labute approximate surface area is 301 Å². The van der Waals surface area contributed by atoms with Crippen LogP contribution in [0.3, 0.4) is 0 Å². The van der Waals surface area contributed by atoms with Crippen LogP contribution in [0.4, 0.5) is 17.1 Å². The highest BCUT2D eigenvalue weighted by Crippen LogP contribution is 2.65. The maximum atomic E-state index is 15.3. The molecular formula is C42H50N4O5. The fourth-order valence-corrected chi connectivity index (χ4v) is 8.93. The number of para-hydroxylation sites is 1. The zero-order chi connectivity index (χ0) is 36.3. The van der Waals surface area contributed by atoms with Crippen LogP contribution in [0.5, 0.6) is 0 Å². The lowest BCUT2D eigenvalue weighted by Crippen LogP contribution is -2.57. The van der Waals surface area contributed by atoms with Gasteiger partial charge < -0.3 is 29.4 Å². The Morgan fingerprint density at radius 2 is 1.39 bits per heavy atom. The molecule has 1 N–H and O–H groups in total. The van der Waals surface area contributed by atoms with Gasteiger partial charge in [0.15, 0.2) is 0 Å². The van der Waals surface area contributed by atoms with Crippen LogP contribution >= 0.6 is 0 Å². The zero-order valence-electron chi connectivity index (χ0n) is 30.0. The van der Waals surface area contributed by atoms with Crippen LogP contribution in [0.1, 0.15) is 51.6 Å². The molecule has 3 aromatic carbocycles. The van der Waals surface area contributed by atoms with Crippen LogP contribution in [0.2, 0.25) is 0 Å². The standard InChI is InChI=1S/C42H50N4O5/c1-6-27-44(32-19-15-12-16-20-32)38(48)35-36-39(49)46(34(29-47)30-17-13-11-14-18-30)37(42(36)26-25-41(35,8-3)51-42)40(50)45(28-7-2)33-23-21-31(22-24-33)43(9-4)10-5/h6-7,11-24,34-37,47H,1-2,8-10,25-29H2,3-5H3/t34-,35+,36+,37?,41-,42?/m1/s1. The molecule has 51 heavy (non-hydrogen) atoms. The first-order chi connectivity index (χ1) is 24.7. The monoisotopic (exact) mass is 690 g/mol. The average molecular weight is 691 g/mol. The molecule has 9 heteroatoms. The van der Waals surface area contributed by atoms with Crippen molar-refractivity contribution in [3.05, 3.63) is 116 Å². The summed E-state index contributed by atoms with van der Waals surface area (Å²) in [5, 5.41) is 11.0. The van der Waals surface area contributed by atoms with E-state index in [9.17, 15) is 9.90 Å². The van der Waals surface area contributed by atoms with E-state index in [0.29, 0.717) is 36.2 Å². The van der Waals surface area contributed by atoms with Crippen LogP contribution in [-0.2, 0) is 19.1 Å². The molecule has 0 aromatic heterocycles. The van der Waals surface area contributed by atoms with Crippen molar-refractivity contribution in [3.63, 3.8) is 0 Å². The summed E-state index contributed by atoms with van der Waals surface area (Å²) >= 11 is 0. The number of amides is 3. The van der Waals surface area contributed by atoms with Crippen molar-refractivity contribution in [2.75, 3.05) is 47.5 Å². The van der Waals surface area contributed by atoms with E-state index in [4.69, 9.17) is 4.74 Å². The third kappa shape index (κ3) is 5.96. The maximum absolute atomic E-state index is 15.3. The molecule has 3 saturated heterocycles. The van der Waals surface area contributed by atoms with Gasteiger partial charge in [-0.2, -0.15) is 0 Å². The molecule has 0 radical (unpaired) electrons. The van der Waals surface area contributed by atoms with Crippen molar-refractivity contribution in [2.45, 2.75) is 63.3 Å². The zero-order valence-corrected chi connectivity index (χ0v) is 30.0. The molecule has 0 aliphatic carbocycles. The number of likely N-dealkylation sites (tertiary alicyclic amines) is 1. The first-order valence-electron chi connectivity index (χ1n) is 18.2. The molecule has 6 rings (SSSR count). The molecule has 1 spiro atoms. The number of nitrogens with zero attached hydrogens (tertiary/aromatic N) is 4. The van der Waals surface area contributed by atoms with Crippen molar-refractivity contribution >= 4 is 34.8 Å². The number of anilines is 3. The van der Waals surface area contributed by atoms with Gasteiger partial charge in [-0.3, -0.25) is 14.4 Å². The third-order valence-electron chi connectivity index (χ3n) is 11.3. The van der Waals surface area contributed by atoms with Gasteiger partial charge in [0.25, 0.3) is 5.91 Å². The molecule has 268 valence electrons. The van der Waals surface area contributed by atoms with Crippen molar-refractivity contribution in [2.24, 2.45) is 11.8 Å². The molecule has 3 aliphatic heterocycles. The number of fused-ring (bicyclic) bond motifs is 1. The summed E-state index contributed by atoms with van der Waals surface area (Å²) in [5.41, 5.74) is 0.873. The second-order valence-corrected chi connectivity index (χ2v) is 13.7. The number of benzene rings is 3. The number of hydrogen-bond donors (Lipinski definition) is 1. The number of carbonyl (C=O) groups is 3. The van der Waals surface area contributed by atoms with Crippen LogP contribution in [0.15, 0.2) is 110 Å². The van der Waals surface area contributed by atoms with Crippen LogP contribution in [-0.4, -0.2) is 77.8 Å². The van der Waals surface area contributed by atoms with E-state index in [-0.39, 0.29) is 30.8 Å². The summed E-state index contributed by atoms with van der Waals surface area (Å²) in [6.07, 6.45) is 4.80. The predicted octanol–water partition coefficient (Wildman–Crippen LogP) is 6.16. The predicted molar refractivity (Wildman–Crippen MR) is 201 cm³/mol. The number of hydrogen-bond acceptors (Lipinski definition) is 6. The maximum Gasteiger partial charge on any atom is 0.253 e. The molecule has 6 atom stereocenters. The minimum Gasteiger partial charge on any atom is -0.394 e. The van der Waals surface area contributed by atoms with Crippen molar-refractivity contribution in [1.29, 1.82) is 0 Å². The van der Waals surface area contributed by atoms with Crippen LogP contribution in [0.25, 0.3) is 0 Å². The highest BCUT2D eigenvalue weighted by molar-refractivity contribution is 6.07. The van der Waals surface area contributed by atoms with Gasteiger partial charge in [-0.05, 0) is 75.1 Å². The van der Waals surface area contributed by atoms with Gasteiger partial charge in [0.1, 0.15) is 11.6 Å². The van der Waals surface area contributed by atoms with Gasteiger partial charge in [-0.15, -0.1) is 13.2 Å². The highest BCUT2D eigenvalue weighted by Gasteiger charge is 2.79. The SMILES string of the molecule is C=CCN(C(=O)C1N([C@H](CO)c2ccccc2)C(=O)[C@@H]2[C@@H](C(=O)N(CC=C)c3ccccc3)[C@@]3(CC)CCC12O3)c1ccc(N(CC)CC)cc1.